The van der Waals surface area contributed by atoms with Gasteiger partial charge >= 0.3 is 0 Å². The van der Waals surface area contributed by atoms with Crippen LogP contribution in [-0.4, -0.2) is 5.11 Å². The lowest BCUT2D eigenvalue weighted by Gasteiger charge is -2.13. The molecule has 0 saturated heterocycles. The van der Waals surface area contributed by atoms with Crippen LogP contribution in [0.4, 0.5) is 4.39 Å². The summed E-state index contributed by atoms with van der Waals surface area (Å²) in [5.74, 6) is -0.456. The van der Waals surface area contributed by atoms with E-state index in [2.05, 4.69) is 0 Å². The number of aryl methyl sites for hydroxylation is 1. The van der Waals surface area contributed by atoms with Crippen LogP contribution in [-0.2, 0) is 6.42 Å². The third kappa shape index (κ3) is 3.47. The van der Waals surface area contributed by atoms with E-state index in [0.717, 1.165) is 16.7 Å². The van der Waals surface area contributed by atoms with Gasteiger partial charge in [-0.2, -0.15) is 0 Å². The van der Waals surface area contributed by atoms with Crippen molar-refractivity contribution in [2.24, 2.45) is 0 Å². The highest BCUT2D eigenvalue weighted by Gasteiger charge is 2.11. The van der Waals surface area contributed by atoms with Gasteiger partial charge in [0.05, 0.1) is 11.1 Å². The molecule has 0 amide bonds. The van der Waals surface area contributed by atoms with Gasteiger partial charge in [0, 0.05) is 11.4 Å². The standard InChI is InChI=1S/C15H13Cl2FO/c1-9-6-11(3-4-12(9)16)15(19)8-10-2-5-14(18)13(17)7-10/h2-7,15,19H,8H2,1H3. The molecule has 0 fully saturated rings. The van der Waals surface area contributed by atoms with Crippen molar-refractivity contribution in [1.29, 1.82) is 0 Å². The summed E-state index contributed by atoms with van der Waals surface area (Å²) in [6, 6.07) is 9.84. The molecule has 0 aliphatic heterocycles. The maximum atomic E-state index is 13.0. The summed E-state index contributed by atoms with van der Waals surface area (Å²) in [7, 11) is 0. The van der Waals surface area contributed by atoms with Crippen LogP contribution in [0.2, 0.25) is 10.0 Å². The van der Waals surface area contributed by atoms with Crippen LogP contribution in [0.15, 0.2) is 36.4 Å². The van der Waals surface area contributed by atoms with Crippen molar-refractivity contribution in [3.63, 3.8) is 0 Å². The molecule has 19 heavy (non-hydrogen) atoms. The molecule has 0 spiro atoms. The molecule has 1 unspecified atom stereocenters. The van der Waals surface area contributed by atoms with Crippen molar-refractivity contribution in [3.05, 3.63) is 69.0 Å². The predicted octanol–water partition coefficient (Wildman–Crippen LogP) is 4.72. The largest absolute Gasteiger partial charge is 0.388 e. The van der Waals surface area contributed by atoms with E-state index >= 15 is 0 Å². The summed E-state index contributed by atoms with van der Waals surface area (Å²) in [5, 5.41) is 10.9. The molecule has 2 aromatic carbocycles. The average Bonchev–Trinajstić information content (AvgIpc) is 2.37. The minimum Gasteiger partial charge on any atom is -0.388 e. The highest BCUT2D eigenvalue weighted by atomic mass is 35.5. The molecule has 0 aliphatic carbocycles. The minimum atomic E-state index is -0.669. The Bertz CT molecular complexity index is 599. The number of benzene rings is 2. The summed E-state index contributed by atoms with van der Waals surface area (Å²) in [6.07, 6.45) is -0.293. The number of halogens is 3. The van der Waals surface area contributed by atoms with Crippen LogP contribution in [0.25, 0.3) is 0 Å². The van der Waals surface area contributed by atoms with E-state index in [-0.39, 0.29) is 5.02 Å². The zero-order valence-corrected chi connectivity index (χ0v) is 11.8. The Hall–Kier alpha value is -1.09. The lowest BCUT2D eigenvalue weighted by atomic mass is 10.00. The van der Waals surface area contributed by atoms with Gasteiger partial charge < -0.3 is 5.11 Å². The Morgan fingerprint density at radius 3 is 2.47 bits per heavy atom. The predicted molar refractivity (Wildman–Crippen MR) is 76.3 cm³/mol. The molecule has 4 heteroatoms. The molecule has 0 saturated carbocycles. The van der Waals surface area contributed by atoms with Crippen LogP contribution >= 0.6 is 23.2 Å². The Morgan fingerprint density at radius 2 is 1.84 bits per heavy atom. The van der Waals surface area contributed by atoms with Crippen LogP contribution in [0.3, 0.4) is 0 Å². The topological polar surface area (TPSA) is 20.2 Å². The Labute approximate surface area is 121 Å². The van der Waals surface area contributed by atoms with Crippen LogP contribution in [0, 0.1) is 12.7 Å². The van der Waals surface area contributed by atoms with Crippen LogP contribution in [0.5, 0.6) is 0 Å². The summed E-state index contributed by atoms with van der Waals surface area (Å²) >= 11 is 11.7. The molecule has 0 aliphatic rings. The van der Waals surface area contributed by atoms with Crippen LogP contribution in [0.1, 0.15) is 22.8 Å². The van der Waals surface area contributed by atoms with E-state index in [0.29, 0.717) is 11.4 Å². The van der Waals surface area contributed by atoms with Gasteiger partial charge in [-0.15, -0.1) is 0 Å². The third-order valence-electron chi connectivity index (χ3n) is 2.98. The molecule has 0 bridgehead atoms. The number of hydrogen-bond donors (Lipinski definition) is 1. The molecule has 1 N–H and O–H groups in total. The fraction of sp³-hybridized carbons (Fsp3) is 0.200. The molecule has 0 aromatic heterocycles. The second-order valence-corrected chi connectivity index (χ2v) is 5.29. The van der Waals surface area contributed by atoms with E-state index in [9.17, 15) is 9.50 Å². The summed E-state index contributed by atoms with van der Waals surface area (Å²) in [6.45, 7) is 1.88. The molecule has 2 aromatic rings. The van der Waals surface area contributed by atoms with Gasteiger partial charge in [-0.05, 0) is 41.8 Å². The molecular weight excluding hydrogens is 286 g/mol. The number of aliphatic hydroxyl groups excluding tert-OH is 1. The average molecular weight is 299 g/mol. The molecular formula is C15H13Cl2FO. The van der Waals surface area contributed by atoms with Crippen LogP contribution < -0.4 is 0 Å². The molecule has 0 heterocycles. The van der Waals surface area contributed by atoms with E-state index < -0.39 is 11.9 Å². The molecule has 100 valence electrons. The van der Waals surface area contributed by atoms with Gasteiger partial charge in [0.2, 0.25) is 0 Å². The van der Waals surface area contributed by atoms with Crippen molar-refractivity contribution >= 4 is 23.2 Å². The lowest BCUT2D eigenvalue weighted by Crippen LogP contribution is -2.02. The SMILES string of the molecule is Cc1cc(C(O)Cc2ccc(F)c(Cl)c2)ccc1Cl. The molecule has 0 radical (unpaired) electrons. The Kier molecular flexibility index (Phi) is 4.46. The smallest absolute Gasteiger partial charge is 0.141 e. The Morgan fingerprint density at radius 1 is 1.11 bits per heavy atom. The highest BCUT2D eigenvalue weighted by molar-refractivity contribution is 6.31. The second-order valence-electron chi connectivity index (χ2n) is 4.48. The first kappa shape index (κ1) is 14.3. The summed E-state index contributed by atoms with van der Waals surface area (Å²) in [4.78, 5) is 0. The van der Waals surface area contributed by atoms with Crippen molar-refractivity contribution in [1.82, 2.24) is 0 Å². The maximum absolute atomic E-state index is 13.0. The molecule has 1 nitrogen and oxygen atoms in total. The fourth-order valence-corrected chi connectivity index (χ4v) is 2.20. The zero-order valence-electron chi connectivity index (χ0n) is 10.3. The van der Waals surface area contributed by atoms with Crippen molar-refractivity contribution in [2.75, 3.05) is 0 Å². The normalized spacial score (nSPS) is 12.5. The lowest BCUT2D eigenvalue weighted by molar-refractivity contribution is 0.178. The van der Waals surface area contributed by atoms with E-state index in [4.69, 9.17) is 23.2 Å². The van der Waals surface area contributed by atoms with E-state index in [1.807, 2.05) is 13.0 Å². The first-order chi connectivity index (χ1) is 8.97. The van der Waals surface area contributed by atoms with Gasteiger partial charge in [-0.25, -0.2) is 4.39 Å². The molecule has 2 rings (SSSR count). The maximum Gasteiger partial charge on any atom is 0.141 e. The van der Waals surface area contributed by atoms with E-state index in [1.165, 1.54) is 12.1 Å². The minimum absolute atomic E-state index is 0.0667. The summed E-state index contributed by atoms with van der Waals surface area (Å²) < 4.78 is 13.0. The van der Waals surface area contributed by atoms with E-state index in [1.54, 1.807) is 18.2 Å². The van der Waals surface area contributed by atoms with Crippen molar-refractivity contribution in [2.45, 2.75) is 19.4 Å². The van der Waals surface area contributed by atoms with Gasteiger partial charge in [-0.3, -0.25) is 0 Å². The van der Waals surface area contributed by atoms with Gasteiger partial charge in [0.25, 0.3) is 0 Å². The zero-order chi connectivity index (χ0) is 14.0. The first-order valence-electron chi connectivity index (χ1n) is 5.85. The van der Waals surface area contributed by atoms with Gasteiger partial charge in [-0.1, -0.05) is 41.4 Å². The first-order valence-corrected chi connectivity index (χ1v) is 6.61. The van der Waals surface area contributed by atoms with Crippen molar-refractivity contribution in [3.8, 4) is 0 Å². The number of aliphatic hydroxyl groups is 1. The summed E-state index contributed by atoms with van der Waals surface area (Å²) in [5.41, 5.74) is 2.48. The molecule has 1 atom stereocenters. The van der Waals surface area contributed by atoms with Crippen molar-refractivity contribution < 1.29 is 9.50 Å². The highest BCUT2D eigenvalue weighted by Crippen LogP contribution is 2.25. The van der Waals surface area contributed by atoms with Gasteiger partial charge in [0.15, 0.2) is 0 Å². The number of hydrogen-bond acceptors (Lipinski definition) is 1. The van der Waals surface area contributed by atoms with Gasteiger partial charge in [0.1, 0.15) is 5.82 Å². The third-order valence-corrected chi connectivity index (χ3v) is 3.69. The quantitative estimate of drug-likeness (QED) is 0.869. The fourth-order valence-electron chi connectivity index (χ4n) is 1.88. The Balaban J connectivity index is 2.17. The number of rotatable bonds is 3. The second kappa shape index (κ2) is 5.91. The monoisotopic (exact) mass is 298 g/mol.